The molecule has 0 radical (unpaired) electrons. The highest BCUT2D eigenvalue weighted by atomic mass is 35.5. The maximum Gasteiger partial charge on any atom is 0.327 e. The summed E-state index contributed by atoms with van der Waals surface area (Å²) in [6.45, 7) is 11.2. The monoisotopic (exact) mass is 420 g/mol. The summed E-state index contributed by atoms with van der Waals surface area (Å²) in [5, 5.41) is 4.70. The van der Waals surface area contributed by atoms with E-state index in [4.69, 9.17) is 20.9 Å². The van der Waals surface area contributed by atoms with E-state index in [1.807, 2.05) is 18.2 Å². The summed E-state index contributed by atoms with van der Waals surface area (Å²) in [6.07, 6.45) is 0. The van der Waals surface area contributed by atoms with Crippen LogP contribution in [0.25, 0.3) is 0 Å². The molecular formula is C21H29ClN4O3. The van der Waals surface area contributed by atoms with E-state index in [2.05, 4.69) is 47.6 Å². The molecule has 0 N–H and O–H groups in total. The van der Waals surface area contributed by atoms with Gasteiger partial charge >= 0.3 is 5.97 Å². The van der Waals surface area contributed by atoms with E-state index >= 15 is 0 Å². The van der Waals surface area contributed by atoms with E-state index < -0.39 is 6.04 Å². The Labute approximate surface area is 177 Å². The smallest absolute Gasteiger partial charge is 0.327 e. The first kappa shape index (κ1) is 21.7. The lowest BCUT2D eigenvalue weighted by atomic mass is 9.96. The Balaban J connectivity index is 1.70. The number of hydrogen-bond acceptors (Lipinski definition) is 7. The molecule has 1 fully saturated rings. The van der Waals surface area contributed by atoms with Gasteiger partial charge in [-0.25, -0.2) is 4.79 Å². The first-order valence-electron chi connectivity index (χ1n) is 9.87. The predicted molar refractivity (Wildman–Crippen MR) is 111 cm³/mol. The van der Waals surface area contributed by atoms with E-state index in [9.17, 15) is 4.79 Å². The number of ether oxygens (including phenoxy) is 1. The summed E-state index contributed by atoms with van der Waals surface area (Å²) in [7, 11) is 1.41. The minimum absolute atomic E-state index is 0.0117. The highest BCUT2D eigenvalue weighted by Gasteiger charge is 2.34. The maximum absolute atomic E-state index is 12.5. The molecule has 2 aromatic rings. The molecule has 1 aromatic carbocycles. The summed E-state index contributed by atoms with van der Waals surface area (Å²) in [5.41, 5.74) is 0.622. The summed E-state index contributed by atoms with van der Waals surface area (Å²) in [4.78, 5) is 21.5. The third-order valence-corrected chi connectivity index (χ3v) is 5.70. The second-order valence-corrected chi connectivity index (χ2v) is 8.81. The van der Waals surface area contributed by atoms with Gasteiger partial charge in [0.25, 0.3) is 0 Å². The zero-order valence-corrected chi connectivity index (χ0v) is 18.4. The van der Waals surface area contributed by atoms with Crippen molar-refractivity contribution in [2.24, 2.45) is 0 Å². The van der Waals surface area contributed by atoms with Crippen molar-refractivity contribution < 1.29 is 14.1 Å². The van der Waals surface area contributed by atoms with E-state index in [0.29, 0.717) is 29.8 Å². The molecule has 0 aliphatic carbocycles. The molecule has 0 spiro atoms. The lowest BCUT2D eigenvalue weighted by molar-refractivity contribution is -0.148. The number of carbonyl (C=O) groups excluding carboxylic acids is 1. The topological polar surface area (TPSA) is 71.7 Å². The van der Waals surface area contributed by atoms with Crippen LogP contribution in [0, 0.1) is 0 Å². The summed E-state index contributed by atoms with van der Waals surface area (Å²) in [6, 6.07) is 6.92. The van der Waals surface area contributed by atoms with Gasteiger partial charge in [0, 0.05) is 36.6 Å². The molecule has 1 aliphatic rings. The molecule has 7 nitrogen and oxygen atoms in total. The quantitative estimate of drug-likeness (QED) is 0.684. The Hall–Kier alpha value is -1.96. The Bertz CT molecular complexity index is 840. The van der Waals surface area contributed by atoms with Crippen LogP contribution in [-0.2, 0) is 14.9 Å². The Morgan fingerprint density at radius 1 is 1.17 bits per heavy atom. The maximum atomic E-state index is 12.5. The van der Waals surface area contributed by atoms with Gasteiger partial charge in [0.1, 0.15) is 6.04 Å². The van der Waals surface area contributed by atoms with Gasteiger partial charge in [-0.15, -0.1) is 0 Å². The van der Waals surface area contributed by atoms with Gasteiger partial charge in [-0.05, 0) is 18.6 Å². The highest BCUT2D eigenvalue weighted by Crippen LogP contribution is 2.31. The fourth-order valence-electron chi connectivity index (χ4n) is 3.53. The lowest BCUT2D eigenvalue weighted by Gasteiger charge is -2.39. The van der Waals surface area contributed by atoms with Crippen molar-refractivity contribution in [1.82, 2.24) is 19.9 Å². The third kappa shape index (κ3) is 4.79. The van der Waals surface area contributed by atoms with Gasteiger partial charge in [0.2, 0.25) is 5.89 Å². The summed E-state index contributed by atoms with van der Waals surface area (Å²) in [5.74, 6) is 1.03. The molecule has 0 bridgehead atoms. The van der Waals surface area contributed by atoms with Crippen molar-refractivity contribution >= 4 is 17.6 Å². The summed E-state index contributed by atoms with van der Waals surface area (Å²) >= 11 is 6.37. The largest absolute Gasteiger partial charge is 0.468 e. The molecule has 158 valence electrons. The Morgan fingerprint density at radius 2 is 1.79 bits per heavy atom. The molecule has 1 aliphatic heterocycles. The van der Waals surface area contributed by atoms with Crippen molar-refractivity contribution in [3.05, 3.63) is 46.6 Å². The number of rotatable bonds is 5. The van der Waals surface area contributed by atoms with Crippen LogP contribution in [-0.4, -0.2) is 59.2 Å². The fraction of sp³-hybridized carbons (Fsp3) is 0.571. The SMILES string of the molecule is COC(=O)[C@@H](c1ccccc1Cl)N1CCN([C@@H](C)c2nc(C(C)(C)C)no2)CC1. The first-order valence-corrected chi connectivity index (χ1v) is 10.2. The predicted octanol–water partition coefficient (Wildman–Crippen LogP) is 3.61. The van der Waals surface area contributed by atoms with Gasteiger partial charge < -0.3 is 9.26 Å². The first-order chi connectivity index (χ1) is 13.7. The number of nitrogens with zero attached hydrogens (tertiary/aromatic N) is 4. The Kier molecular flexibility index (Phi) is 6.61. The number of methoxy groups -OCH3 is 1. The molecule has 0 unspecified atom stereocenters. The molecule has 3 rings (SSSR count). The zero-order chi connectivity index (χ0) is 21.2. The van der Waals surface area contributed by atoms with Crippen LogP contribution in [0.4, 0.5) is 0 Å². The molecule has 2 heterocycles. The van der Waals surface area contributed by atoms with Gasteiger partial charge in [-0.3, -0.25) is 9.80 Å². The number of esters is 1. The molecule has 0 amide bonds. The number of hydrogen-bond donors (Lipinski definition) is 0. The number of halogens is 1. The average Bonchev–Trinajstić information content (AvgIpc) is 3.20. The van der Waals surface area contributed by atoms with E-state index in [-0.39, 0.29) is 17.4 Å². The molecule has 1 aromatic heterocycles. The van der Waals surface area contributed by atoms with Crippen molar-refractivity contribution in [2.45, 2.75) is 45.2 Å². The number of benzene rings is 1. The molecule has 1 saturated heterocycles. The van der Waals surface area contributed by atoms with Gasteiger partial charge in [-0.1, -0.05) is 55.7 Å². The second kappa shape index (κ2) is 8.81. The van der Waals surface area contributed by atoms with E-state index in [1.165, 1.54) is 7.11 Å². The second-order valence-electron chi connectivity index (χ2n) is 8.40. The van der Waals surface area contributed by atoms with Gasteiger partial charge in [0.15, 0.2) is 5.82 Å². The lowest BCUT2D eigenvalue weighted by Crippen LogP contribution is -2.50. The van der Waals surface area contributed by atoms with Crippen molar-refractivity contribution in [3.8, 4) is 0 Å². The fourth-order valence-corrected chi connectivity index (χ4v) is 3.77. The molecule has 29 heavy (non-hydrogen) atoms. The average molecular weight is 421 g/mol. The van der Waals surface area contributed by atoms with Crippen LogP contribution in [0.1, 0.15) is 57.1 Å². The standard InChI is InChI=1S/C21H29ClN4O3/c1-14(18-23-20(24-29-18)21(2,3)4)25-10-12-26(13-11-25)17(19(27)28-5)15-8-6-7-9-16(15)22/h6-9,14,17H,10-13H2,1-5H3/t14-,17+/m0/s1. The molecule has 2 atom stereocenters. The van der Waals surface area contributed by atoms with E-state index in [0.717, 1.165) is 18.7 Å². The van der Waals surface area contributed by atoms with Crippen LogP contribution in [0.15, 0.2) is 28.8 Å². The van der Waals surface area contributed by atoms with Crippen molar-refractivity contribution in [1.29, 1.82) is 0 Å². The number of piperazine rings is 1. The highest BCUT2D eigenvalue weighted by molar-refractivity contribution is 6.31. The normalized spacial score (nSPS) is 18.4. The number of carbonyl (C=O) groups is 1. The molecule has 8 heteroatoms. The zero-order valence-electron chi connectivity index (χ0n) is 17.7. The van der Waals surface area contributed by atoms with Crippen molar-refractivity contribution in [2.75, 3.05) is 33.3 Å². The summed E-state index contributed by atoms with van der Waals surface area (Å²) < 4.78 is 10.6. The Morgan fingerprint density at radius 3 is 2.34 bits per heavy atom. The van der Waals surface area contributed by atoms with Crippen LogP contribution in [0.3, 0.4) is 0 Å². The molecular weight excluding hydrogens is 392 g/mol. The van der Waals surface area contributed by atoms with Crippen LogP contribution < -0.4 is 0 Å². The number of aromatic nitrogens is 2. The van der Waals surface area contributed by atoms with Crippen LogP contribution >= 0.6 is 11.6 Å². The van der Waals surface area contributed by atoms with Crippen LogP contribution in [0.2, 0.25) is 5.02 Å². The van der Waals surface area contributed by atoms with Gasteiger partial charge in [-0.2, -0.15) is 4.98 Å². The van der Waals surface area contributed by atoms with E-state index in [1.54, 1.807) is 6.07 Å². The minimum Gasteiger partial charge on any atom is -0.468 e. The minimum atomic E-state index is -0.512. The van der Waals surface area contributed by atoms with Crippen LogP contribution in [0.5, 0.6) is 0 Å². The van der Waals surface area contributed by atoms with Gasteiger partial charge in [0.05, 0.1) is 13.2 Å². The third-order valence-electron chi connectivity index (χ3n) is 5.36. The molecule has 0 saturated carbocycles. The van der Waals surface area contributed by atoms with Crippen molar-refractivity contribution in [3.63, 3.8) is 0 Å².